The summed E-state index contributed by atoms with van der Waals surface area (Å²) in [6, 6.07) is 0. The van der Waals surface area contributed by atoms with Crippen molar-refractivity contribution in [3.05, 3.63) is 21.6 Å². The van der Waals surface area contributed by atoms with Gasteiger partial charge in [-0.1, -0.05) is 13.3 Å². The molecule has 18 heavy (non-hydrogen) atoms. The van der Waals surface area contributed by atoms with E-state index in [1.807, 2.05) is 4.90 Å². The third-order valence-electron chi connectivity index (χ3n) is 3.20. The van der Waals surface area contributed by atoms with Gasteiger partial charge in [0, 0.05) is 13.1 Å². The molecule has 1 aromatic rings. The fourth-order valence-electron chi connectivity index (χ4n) is 2.38. The van der Waals surface area contributed by atoms with Gasteiger partial charge in [0.1, 0.15) is 6.20 Å². The number of nitro groups is 1. The van der Waals surface area contributed by atoms with Crippen LogP contribution >= 0.6 is 11.6 Å². The Morgan fingerprint density at radius 1 is 1.67 bits per heavy atom. The molecule has 1 aliphatic rings. The second kappa shape index (κ2) is 5.48. The van der Waals surface area contributed by atoms with Crippen molar-refractivity contribution in [1.29, 1.82) is 0 Å². The van der Waals surface area contributed by atoms with Crippen LogP contribution in [0.2, 0.25) is 5.28 Å². The van der Waals surface area contributed by atoms with Crippen LogP contribution in [0.25, 0.3) is 0 Å². The molecular formula is C11H15ClN4O2. The average Bonchev–Trinajstić information content (AvgIpc) is 2.77. The smallest absolute Gasteiger partial charge is 0.329 e. The first-order chi connectivity index (χ1) is 8.61. The summed E-state index contributed by atoms with van der Waals surface area (Å²) in [4.78, 5) is 20.1. The van der Waals surface area contributed by atoms with Crippen molar-refractivity contribution in [2.45, 2.75) is 26.2 Å². The van der Waals surface area contributed by atoms with E-state index in [1.165, 1.54) is 6.20 Å². The summed E-state index contributed by atoms with van der Waals surface area (Å²) >= 11 is 5.73. The van der Waals surface area contributed by atoms with Crippen LogP contribution < -0.4 is 4.90 Å². The highest BCUT2D eigenvalue weighted by Crippen LogP contribution is 2.31. The lowest BCUT2D eigenvalue weighted by Gasteiger charge is -2.17. The van der Waals surface area contributed by atoms with Crippen molar-refractivity contribution in [2.24, 2.45) is 5.92 Å². The number of aromatic nitrogens is 2. The summed E-state index contributed by atoms with van der Waals surface area (Å²) in [5.74, 6) is 0.932. The molecule has 0 aromatic carbocycles. The quantitative estimate of drug-likeness (QED) is 0.478. The zero-order valence-corrected chi connectivity index (χ0v) is 10.9. The van der Waals surface area contributed by atoms with Gasteiger partial charge < -0.3 is 4.90 Å². The van der Waals surface area contributed by atoms with Crippen molar-refractivity contribution in [1.82, 2.24) is 9.97 Å². The molecule has 0 radical (unpaired) electrons. The first kappa shape index (κ1) is 13.0. The number of hydrogen-bond donors (Lipinski definition) is 0. The summed E-state index contributed by atoms with van der Waals surface area (Å²) in [6.07, 6.45) is 4.50. The van der Waals surface area contributed by atoms with Crippen molar-refractivity contribution >= 4 is 23.1 Å². The number of rotatable bonds is 4. The molecule has 0 saturated carbocycles. The summed E-state index contributed by atoms with van der Waals surface area (Å²) in [5.41, 5.74) is -0.0726. The Morgan fingerprint density at radius 3 is 3.11 bits per heavy atom. The van der Waals surface area contributed by atoms with Crippen LogP contribution in [0.1, 0.15) is 26.2 Å². The highest BCUT2D eigenvalue weighted by Gasteiger charge is 2.29. The predicted molar refractivity (Wildman–Crippen MR) is 68.9 cm³/mol. The van der Waals surface area contributed by atoms with Gasteiger partial charge in [0.2, 0.25) is 11.1 Å². The van der Waals surface area contributed by atoms with E-state index in [-0.39, 0.29) is 11.0 Å². The second-order valence-corrected chi connectivity index (χ2v) is 4.83. The molecule has 1 saturated heterocycles. The Labute approximate surface area is 110 Å². The van der Waals surface area contributed by atoms with E-state index >= 15 is 0 Å². The van der Waals surface area contributed by atoms with Gasteiger partial charge in [0.25, 0.3) is 0 Å². The largest absolute Gasteiger partial charge is 0.350 e. The average molecular weight is 271 g/mol. The number of halogens is 1. The van der Waals surface area contributed by atoms with E-state index in [9.17, 15) is 10.1 Å². The van der Waals surface area contributed by atoms with Crippen LogP contribution in [0.4, 0.5) is 11.5 Å². The molecule has 1 unspecified atom stereocenters. The molecular weight excluding hydrogens is 256 g/mol. The standard InChI is InChI=1S/C11H15ClN4O2/c1-2-3-8-4-5-15(7-8)10-9(16(17)18)6-13-11(12)14-10/h6,8H,2-5,7H2,1H3. The molecule has 1 atom stereocenters. The summed E-state index contributed by atoms with van der Waals surface area (Å²) in [5, 5.41) is 11.0. The van der Waals surface area contributed by atoms with Crippen LogP contribution in [0.5, 0.6) is 0 Å². The van der Waals surface area contributed by atoms with Crippen LogP contribution in [0.3, 0.4) is 0 Å². The van der Waals surface area contributed by atoms with Crippen LogP contribution in [-0.2, 0) is 0 Å². The second-order valence-electron chi connectivity index (χ2n) is 4.49. The molecule has 6 nitrogen and oxygen atoms in total. The number of anilines is 1. The Balaban J connectivity index is 2.23. The molecule has 1 fully saturated rings. The van der Waals surface area contributed by atoms with Gasteiger partial charge >= 0.3 is 5.69 Å². The molecule has 1 aliphatic heterocycles. The third-order valence-corrected chi connectivity index (χ3v) is 3.38. The minimum Gasteiger partial charge on any atom is -0.350 e. The van der Waals surface area contributed by atoms with E-state index in [4.69, 9.17) is 11.6 Å². The van der Waals surface area contributed by atoms with E-state index in [0.29, 0.717) is 11.7 Å². The third kappa shape index (κ3) is 2.69. The zero-order valence-electron chi connectivity index (χ0n) is 10.2. The van der Waals surface area contributed by atoms with Gasteiger partial charge in [-0.2, -0.15) is 4.98 Å². The molecule has 0 aliphatic carbocycles. The lowest BCUT2D eigenvalue weighted by Crippen LogP contribution is -2.22. The predicted octanol–water partition coefficient (Wildman–Crippen LogP) is 2.66. The maximum absolute atomic E-state index is 11.0. The maximum atomic E-state index is 11.0. The SMILES string of the molecule is CCCC1CCN(c2nc(Cl)ncc2[N+](=O)[O-])C1. The molecule has 0 spiro atoms. The first-order valence-corrected chi connectivity index (χ1v) is 6.41. The monoisotopic (exact) mass is 270 g/mol. The van der Waals surface area contributed by atoms with Crippen molar-refractivity contribution in [3.8, 4) is 0 Å². The number of nitrogens with zero attached hydrogens (tertiary/aromatic N) is 4. The fourth-order valence-corrected chi connectivity index (χ4v) is 2.50. The highest BCUT2D eigenvalue weighted by molar-refractivity contribution is 6.28. The molecule has 0 amide bonds. The molecule has 0 N–H and O–H groups in total. The van der Waals surface area contributed by atoms with E-state index < -0.39 is 4.92 Å². The Morgan fingerprint density at radius 2 is 2.44 bits per heavy atom. The van der Waals surface area contributed by atoms with Gasteiger partial charge in [-0.05, 0) is 30.4 Å². The lowest BCUT2D eigenvalue weighted by molar-refractivity contribution is -0.384. The van der Waals surface area contributed by atoms with Crippen molar-refractivity contribution < 1.29 is 4.92 Å². The maximum Gasteiger partial charge on any atom is 0.329 e. The molecule has 98 valence electrons. The van der Waals surface area contributed by atoms with Crippen LogP contribution in [0.15, 0.2) is 6.20 Å². The molecule has 1 aromatic heterocycles. The van der Waals surface area contributed by atoms with Gasteiger partial charge in [0.15, 0.2) is 0 Å². The Bertz CT molecular complexity index is 455. The highest BCUT2D eigenvalue weighted by atomic mass is 35.5. The minimum atomic E-state index is -0.460. The van der Waals surface area contributed by atoms with Gasteiger partial charge in [0.05, 0.1) is 4.92 Å². The summed E-state index contributed by atoms with van der Waals surface area (Å²) in [6.45, 7) is 3.74. The van der Waals surface area contributed by atoms with Crippen LogP contribution in [-0.4, -0.2) is 28.0 Å². The molecule has 7 heteroatoms. The normalized spacial score (nSPS) is 19.2. The van der Waals surface area contributed by atoms with Crippen LogP contribution in [0, 0.1) is 16.0 Å². The number of hydrogen-bond acceptors (Lipinski definition) is 5. The van der Waals surface area contributed by atoms with Gasteiger partial charge in [-0.25, -0.2) is 4.98 Å². The topological polar surface area (TPSA) is 72.2 Å². The molecule has 2 heterocycles. The molecule has 2 rings (SSSR count). The van der Waals surface area contributed by atoms with Crippen molar-refractivity contribution in [3.63, 3.8) is 0 Å². The summed E-state index contributed by atoms with van der Waals surface area (Å²) < 4.78 is 0. The Kier molecular flexibility index (Phi) is 3.96. The van der Waals surface area contributed by atoms with Gasteiger partial charge in [-0.15, -0.1) is 0 Å². The minimum absolute atomic E-state index is 0.0505. The van der Waals surface area contributed by atoms with Crippen molar-refractivity contribution in [2.75, 3.05) is 18.0 Å². The summed E-state index contributed by atoms with van der Waals surface area (Å²) in [7, 11) is 0. The molecule has 0 bridgehead atoms. The van der Waals surface area contributed by atoms with E-state index in [1.54, 1.807) is 0 Å². The Hall–Kier alpha value is -1.43. The first-order valence-electron chi connectivity index (χ1n) is 6.03. The van der Waals surface area contributed by atoms with E-state index in [2.05, 4.69) is 16.9 Å². The van der Waals surface area contributed by atoms with E-state index in [0.717, 1.165) is 32.4 Å². The fraction of sp³-hybridized carbons (Fsp3) is 0.636. The lowest BCUT2D eigenvalue weighted by atomic mass is 10.0. The zero-order chi connectivity index (χ0) is 13.1. The van der Waals surface area contributed by atoms with Gasteiger partial charge in [-0.3, -0.25) is 10.1 Å².